The normalized spacial score (nSPS) is 13.0. The van der Waals surface area contributed by atoms with E-state index in [4.69, 9.17) is 14.9 Å². The van der Waals surface area contributed by atoms with Crippen LogP contribution in [0.25, 0.3) is 0 Å². The highest BCUT2D eigenvalue weighted by atomic mass is 35.5. The summed E-state index contributed by atoms with van der Waals surface area (Å²) in [6.45, 7) is 5.41. The molecule has 128 valence electrons. The van der Waals surface area contributed by atoms with E-state index in [1.54, 1.807) is 7.11 Å². The molecule has 3 N–H and O–H groups in total. The Morgan fingerprint density at radius 1 is 1.30 bits per heavy atom. The van der Waals surface area contributed by atoms with Gasteiger partial charge in [0, 0.05) is 12.1 Å². The summed E-state index contributed by atoms with van der Waals surface area (Å²) in [5.74, 6) is 1.36. The van der Waals surface area contributed by atoms with Crippen molar-refractivity contribution in [3.05, 3.63) is 35.7 Å². The number of nitrogens with one attached hydrogen (secondary N) is 1. The molecule has 6 nitrogen and oxygen atoms in total. The van der Waals surface area contributed by atoms with E-state index in [0.717, 1.165) is 25.1 Å². The Balaban J connectivity index is 0.00000264. The van der Waals surface area contributed by atoms with E-state index in [9.17, 15) is 0 Å². The smallest absolute Gasteiger partial charge is 0.315 e. The summed E-state index contributed by atoms with van der Waals surface area (Å²) >= 11 is 0. The van der Waals surface area contributed by atoms with E-state index >= 15 is 0 Å². The Morgan fingerprint density at radius 2 is 2.04 bits per heavy atom. The molecular weight excluding hydrogens is 316 g/mol. The minimum absolute atomic E-state index is 0. The summed E-state index contributed by atoms with van der Waals surface area (Å²) in [5.41, 5.74) is 6.68. The highest BCUT2D eigenvalue weighted by Gasteiger charge is 2.27. The van der Waals surface area contributed by atoms with Crippen LogP contribution in [0.15, 0.2) is 28.7 Å². The van der Waals surface area contributed by atoms with Crippen LogP contribution in [0.5, 0.6) is 5.75 Å². The molecule has 0 fully saturated rings. The van der Waals surface area contributed by atoms with Crippen LogP contribution in [-0.4, -0.2) is 23.9 Å². The number of benzene rings is 1. The summed E-state index contributed by atoms with van der Waals surface area (Å²) in [7, 11) is 1.71. The Labute approximate surface area is 143 Å². The third kappa shape index (κ3) is 4.59. The molecule has 0 bridgehead atoms. The predicted octanol–water partition coefficient (Wildman–Crippen LogP) is 3.13. The molecule has 1 heterocycles. The fourth-order valence-corrected chi connectivity index (χ4v) is 2.50. The number of nitrogens with two attached hydrogens (primary N) is 1. The van der Waals surface area contributed by atoms with Gasteiger partial charge in [-0.2, -0.15) is 0 Å². The van der Waals surface area contributed by atoms with Crippen LogP contribution in [0.4, 0.5) is 6.01 Å². The van der Waals surface area contributed by atoms with Gasteiger partial charge in [-0.1, -0.05) is 37.1 Å². The van der Waals surface area contributed by atoms with Crippen LogP contribution in [0.2, 0.25) is 0 Å². The second-order valence-corrected chi connectivity index (χ2v) is 5.50. The predicted molar refractivity (Wildman–Crippen MR) is 93.2 cm³/mol. The van der Waals surface area contributed by atoms with Gasteiger partial charge in [-0.05, 0) is 24.3 Å². The summed E-state index contributed by atoms with van der Waals surface area (Å²) in [5, 5.41) is 10.9. The zero-order valence-corrected chi connectivity index (χ0v) is 14.7. The van der Waals surface area contributed by atoms with Gasteiger partial charge in [0.15, 0.2) is 0 Å². The van der Waals surface area contributed by atoms with Crippen LogP contribution < -0.4 is 15.8 Å². The maximum Gasteiger partial charge on any atom is 0.315 e. The number of nitrogens with zero attached hydrogens (tertiary/aromatic N) is 2. The number of ether oxygens (including phenoxy) is 1. The van der Waals surface area contributed by atoms with Gasteiger partial charge in [0.2, 0.25) is 5.89 Å². The fraction of sp³-hybridized carbons (Fsp3) is 0.500. The average Bonchev–Trinajstić information content (AvgIpc) is 3.02. The van der Waals surface area contributed by atoms with Crippen LogP contribution in [-0.2, 0) is 12.0 Å². The van der Waals surface area contributed by atoms with E-state index in [-0.39, 0.29) is 24.4 Å². The molecule has 0 saturated carbocycles. The third-order valence-electron chi connectivity index (χ3n) is 4.13. The summed E-state index contributed by atoms with van der Waals surface area (Å²) in [4.78, 5) is 0. The van der Waals surface area contributed by atoms with Gasteiger partial charge >= 0.3 is 6.01 Å². The number of rotatable bonds is 8. The topological polar surface area (TPSA) is 86.2 Å². The molecule has 0 aliphatic carbocycles. The Bertz CT molecular complexity index is 605. The first-order valence-electron chi connectivity index (χ1n) is 7.52. The first-order valence-corrected chi connectivity index (χ1v) is 7.52. The molecule has 0 saturated heterocycles. The quantitative estimate of drug-likeness (QED) is 0.767. The van der Waals surface area contributed by atoms with Crippen LogP contribution >= 0.6 is 12.4 Å². The lowest BCUT2D eigenvalue weighted by Gasteiger charge is -2.30. The van der Waals surface area contributed by atoms with Crippen molar-refractivity contribution in [3.8, 4) is 5.75 Å². The molecule has 0 amide bonds. The molecule has 0 radical (unpaired) electrons. The van der Waals surface area contributed by atoms with Crippen molar-refractivity contribution in [2.75, 3.05) is 19.0 Å². The molecule has 2 aromatic rings. The monoisotopic (exact) mass is 340 g/mol. The second-order valence-electron chi connectivity index (χ2n) is 5.50. The second kappa shape index (κ2) is 8.74. The molecule has 0 aliphatic heterocycles. The zero-order chi connectivity index (χ0) is 16.0. The lowest BCUT2D eigenvalue weighted by atomic mass is 9.77. The molecule has 0 aliphatic rings. The third-order valence-corrected chi connectivity index (χ3v) is 4.13. The van der Waals surface area contributed by atoms with E-state index in [1.807, 2.05) is 18.2 Å². The number of hydrogen-bond acceptors (Lipinski definition) is 6. The van der Waals surface area contributed by atoms with Crippen molar-refractivity contribution in [3.63, 3.8) is 0 Å². The van der Waals surface area contributed by atoms with Crippen molar-refractivity contribution < 1.29 is 9.15 Å². The summed E-state index contributed by atoms with van der Waals surface area (Å²) in [6.07, 6.45) is 1.93. The number of aromatic nitrogens is 2. The number of halogens is 1. The molecular formula is C16H25ClN4O2. The van der Waals surface area contributed by atoms with Gasteiger partial charge in [-0.3, -0.25) is 0 Å². The van der Waals surface area contributed by atoms with E-state index in [2.05, 4.69) is 35.4 Å². The van der Waals surface area contributed by atoms with E-state index in [1.165, 1.54) is 5.56 Å². The minimum Gasteiger partial charge on any atom is -0.496 e. The van der Waals surface area contributed by atoms with Crippen LogP contribution in [0, 0.1) is 0 Å². The van der Waals surface area contributed by atoms with Crippen molar-refractivity contribution in [1.82, 2.24) is 10.2 Å². The lowest BCUT2D eigenvalue weighted by Crippen LogP contribution is -2.25. The first-order chi connectivity index (χ1) is 10.6. The first kappa shape index (κ1) is 19.3. The Kier molecular flexibility index (Phi) is 7.32. The molecule has 1 aromatic carbocycles. The highest BCUT2D eigenvalue weighted by Crippen LogP contribution is 2.37. The van der Waals surface area contributed by atoms with Gasteiger partial charge < -0.3 is 20.2 Å². The lowest BCUT2D eigenvalue weighted by molar-refractivity contribution is 0.370. The molecule has 1 aromatic heterocycles. The number of para-hydroxylation sites is 1. The fourth-order valence-electron chi connectivity index (χ4n) is 2.50. The minimum atomic E-state index is 0. The van der Waals surface area contributed by atoms with E-state index in [0.29, 0.717) is 11.9 Å². The van der Waals surface area contributed by atoms with Gasteiger partial charge in [0.1, 0.15) is 5.75 Å². The SMILES string of the molecule is CCC(C)(CCNc1nnc(CN)o1)c1ccccc1OC.Cl. The van der Waals surface area contributed by atoms with Crippen molar-refractivity contribution in [1.29, 1.82) is 0 Å². The largest absolute Gasteiger partial charge is 0.496 e. The molecule has 7 heteroatoms. The standard InChI is InChI=1S/C16H24N4O2.ClH/c1-4-16(2,12-7-5-6-8-13(12)21-3)9-10-18-15-20-19-14(11-17)22-15;/h5-8H,4,9-11,17H2,1-3H3,(H,18,20);1H. The molecule has 1 atom stereocenters. The Hall–Kier alpha value is -1.79. The number of hydrogen-bond donors (Lipinski definition) is 2. The van der Waals surface area contributed by atoms with Gasteiger partial charge in [0.25, 0.3) is 0 Å². The van der Waals surface area contributed by atoms with Crippen LogP contribution in [0.3, 0.4) is 0 Å². The summed E-state index contributed by atoms with van der Waals surface area (Å²) in [6, 6.07) is 8.58. The van der Waals surface area contributed by atoms with Gasteiger partial charge in [-0.25, -0.2) is 0 Å². The van der Waals surface area contributed by atoms with Crippen molar-refractivity contribution >= 4 is 18.4 Å². The van der Waals surface area contributed by atoms with E-state index < -0.39 is 0 Å². The highest BCUT2D eigenvalue weighted by molar-refractivity contribution is 5.85. The molecule has 2 rings (SSSR count). The zero-order valence-electron chi connectivity index (χ0n) is 13.8. The summed E-state index contributed by atoms with van der Waals surface area (Å²) < 4.78 is 10.8. The Morgan fingerprint density at radius 3 is 2.65 bits per heavy atom. The van der Waals surface area contributed by atoms with Gasteiger partial charge in [-0.15, -0.1) is 17.5 Å². The maximum absolute atomic E-state index is 5.50. The molecule has 23 heavy (non-hydrogen) atoms. The van der Waals surface area contributed by atoms with Gasteiger partial charge in [0.05, 0.1) is 13.7 Å². The maximum atomic E-state index is 5.50. The number of anilines is 1. The van der Waals surface area contributed by atoms with Crippen molar-refractivity contribution in [2.45, 2.75) is 38.6 Å². The average molecular weight is 341 g/mol. The number of methoxy groups -OCH3 is 1. The van der Waals surface area contributed by atoms with Crippen LogP contribution in [0.1, 0.15) is 38.1 Å². The molecule has 0 spiro atoms. The van der Waals surface area contributed by atoms with Crippen molar-refractivity contribution in [2.24, 2.45) is 5.73 Å². The molecule has 1 unspecified atom stereocenters.